The van der Waals surface area contributed by atoms with Gasteiger partial charge in [-0.3, -0.25) is 9.20 Å². The fourth-order valence-corrected chi connectivity index (χ4v) is 3.47. The minimum Gasteiger partial charge on any atom is -0.322 e. The molecule has 0 spiro atoms. The number of anilines is 1. The molecule has 4 aromatic rings. The number of nitrogens with zero attached hydrogens (tertiary/aromatic N) is 3. The zero-order chi connectivity index (χ0) is 17.4. The van der Waals surface area contributed by atoms with Gasteiger partial charge in [0.25, 0.3) is 5.91 Å². The van der Waals surface area contributed by atoms with Gasteiger partial charge in [0, 0.05) is 34.7 Å². The first-order chi connectivity index (χ1) is 12.1. The molecular weight excluding hydrogens is 356 g/mol. The van der Waals surface area contributed by atoms with E-state index in [9.17, 15) is 4.79 Å². The zero-order valence-corrected chi connectivity index (χ0v) is 14.8. The van der Waals surface area contributed by atoms with E-state index in [0.29, 0.717) is 16.4 Å². The molecule has 3 heterocycles. The second-order valence-corrected chi connectivity index (χ2v) is 6.78. The Kier molecular flexibility index (Phi) is 3.99. The maximum absolute atomic E-state index is 12.3. The number of hydrogen-bond donors (Lipinski definition) is 1. The minimum atomic E-state index is -0.233. The number of nitrogens with one attached hydrogen (secondary N) is 1. The van der Waals surface area contributed by atoms with Crippen LogP contribution in [-0.2, 0) is 0 Å². The molecule has 0 radical (unpaired) electrons. The lowest BCUT2D eigenvalue weighted by Crippen LogP contribution is -2.12. The quantitative estimate of drug-likeness (QED) is 0.534. The first kappa shape index (κ1) is 15.8. The van der Waals surface area contributed by atoms with E-state index in [-0.39, 0.29) is 5.91 Å². The lowest BCUT2D eigenvalue weighted by molar-refractivity contribution is 0.102. The van der Waals surface area contributed by atoms with Crippen LogP contribution < -0.4 is 5.32 Å². The Morgan fingerprint density at radius 3 is 2.92 bits per heavy atom. The highest BCUT2D eigenvalue weighted by Crippen LogP contribution is 2.25. The van der Waals surface area contributed by atoms with Gasteiger partial charge in [-0.05, 0) is 31.2 Å². The van der Waals surface area contributed by atoms with Gasteiger partial charge < -0.3 is 5.32 Å². The summed E-state index contributed by atoms with van der Waals surface area (Å²) in [6, 6.07) is 10.8. The fourth-order valence-electron chi connectivity index (χ4n) is 2.50. The molecule has 1 amide bonds. The Morgan fingerprint density at radius 2 is 2.16 bits per heavy atom. The van der Waals surface area contributed by atoms with Gasteiger partial charge in [0.1, 0.15) is 5.15 Å². The minimum absolute atomic E-state index is 0.233. The molecule has 1 aromatic carbocycles. The number of hydrogen-bond acceptors (Lipinski definition) is 4. The van der Waals surface area contributed by atoms with E-state index in [2.05, 4.69) is 25.1 Å². The van der Waals surface area contributed by atoms with Crippen LogP contribution >= 0.6 is 22.9 Å². The monoisotopic (exact) mass is 368 g/mol. The summed E-state index contributed by atoms with van der Waals surface area (Å²) in [7, 11) is 0. The fraction of sp³-hybridized carbons (Fsp3) is 0.0556. The average Bonchev–Trinajstić information content (AvgIpc) is 3.18. The number of aryl methyl sites for hydroxylation is 1. The molecule has 124 valence electrons. The Morgan fingerprint density at radius 1 is 1.28 bits per heavy atom. The van der Waals surface area contributed by atoms with Crippen molar-refractivity contribution in [3.63, 3.8) is 0 Å². The van der Waals surface area contributed by atoms with Crippen molar-refractivity contribution >= 4 is 39.5 Å². The molecule has 5 nitrogen and oxygen atoms in total. The summed E-state index contributed by atoms with van der Waals surface area (Å²) in [6.45, 7) is 2.05. The molecule has 1 N–H and O–H groups in total. The molecule has 0 aliphatic heterocycles. The Labute approximate surface area is 152 Å². The average molecular weight is 369 g/mol. The number of imidazole rings is 1. The number of aromatic nitrogens is 3. The number of amides is 1. The molecule has 3 aromatic heterocycles. The lowest BCUT2D eigenvalue weighted by Gasteiger charge is -2.06. The highest BCUT2D eigenvalue weighted by molar-refractivity contribution is 7.15. The van der Waals surface area contributed by atoms with Crippen molar-refractivity contribution in [1.29, 1.82) is 0 Å². The lowest BCUT2D eigenvalue weighted by atomic mass is 10.1. The third-order valence-electron chi connectivity index (χ3n) is 3.79. The van der Waals surface area contributed by atoms with Gasteiger partial charge in [-0.25, -0.2) is 9.97 Å². The van der Waals surface area contributed by atoms with Crippen LogP contribution in [0.1, 0.15) is 16.1 Å². The Balaban J connectivity index is 1.60. The molecule has 0 saturated carbocycles. The van der Waals surface area contributed by atoms with E-state index in [1.165, 1.54) is 6.20 Å². The number of carbonyl (C=O) groups excluding carboxylic acids is 1. The molecule has 0 aliphatic carbocycles. The number of fused-ring (bicyclic) bond motifs is 1. The van der Waals surface area contributed by atoms with Crippen molar-refractivity contribution in [3.8, 4) is 11.3 Å². The predicted octanol–water partition coefficient (Wildman–Crippen LogP) is 4.67. The topological polar surface area (TPSA) is 59.3 Å². The van der Waals surface area contributed by atoms with Crippen LogP contribution in [0.2, 0.25) is 5.15 Å². The maximum Gasteiger partial charge on any atom is 0.257 e. The normalized spacial score (nSPS) is 11.0. The van der Waals surface area contributed by atoms with Gasteiger partial charge in [-0.1, -0.05) is 23.7 Å². The standard InChI is InChI=1S/C18H13ClN4OS/c1-11-10-25-18-22-15(9-23(11)18)12-3-2-4-14(7-12)21-17(24)13-5-6-16(19)20-8-13/h2-10H,1H3,(H,21,24). The third kappa shape index (κ3) is 3.14. The van der Waals surface area contributed by atoms with E-state index in [1.54, 1.807) is 23.5 Å². The van der Waals surface area contributed by atoms with Crippen molar-refractivity contribution in [2.24, 2.45) is 0 Å². The summed E-state index contributed by atoms with van der Waals surface area (Å²) in [5.74, 6) is -0.233. The van der Waals surface area contributed by atoms with Crippen LogP contribution in [-0.4, -0.2) is 20.3 Å². The summed E-state index contributed by atoms with van der Waals surface area (Å²) in [4.78, 5) is 21.8. The third-order valence-corrected chi connectivity index (χ3v) is 4.98. The van der Waals surface area contributed by atoms with Crippen molar-refractivity contribution < 1.29 is 4.79 Å². The van der Waals surface area contributed by atoms with Crippen LogP contribution in [0.25, 0.3) is 16.2 Å². The SMILES string of the molecule is Cc1csc2nc(-c3cccc(NC(=O)c4ccc(Cl)nc4)c3)cn12. The number of benzene rings is 1. The first-order valence-electron chi connectivity index (χ1n) is 7.57. The summed E-state index contributed by atoms with van der Waals surface area (Å²) in [5.41, 5.74) is 4.12. The van der Waals surface area contributed by atoms with Crippen molar-refractivity contribution in [3.05, 3.63) is 70.6 Å². The summed E-state index contributed by atoms with van der Waals surface area (Å²) in [6.07, 6.45) is 3.46. The number of pyridine rings is 1. The highest BCUT2D eigenvalue weighted by atomic mass is 35.5. The number of carbonyl (C=O) groups is 1. The zero-order valence-electron chi connectivity index (χ0n) is 13.2. The molecule has 0 saturated heterocycles. The molecular formula is C18H13ClN4OS. The molecule has 0 fully saturated rings. The van der Waals surface area contributed by atoms with Gasteiger partial charge in [0.15, 0.2) is 4.96 Å². The first-order valence-corrected chi connectivity index (χ1v) is 8.82. The number of rotatable bonds is 3. The molecule has 0 aliphatic rings. The predicted molar refractivity (Wildman–Crippen MR) is 100 cm³/mol. The van der Waals surface area contributed by atoms with E-state index in [0.717, 1.165) is 21.9 Å². The van der Waals surface area contributed by atoms with Crippen LogP contribution in [0.15, 0.2) is 54.2 Å². The molecule has 0 atom stereocenters. The van der Waals surface area contributed by atoms with E-state index in [1.807, 2.05) is 37.4 Å². The van der Waals surface area contributed by atoms with Crippen LogP contribution in [0, 0.1) is 6.92 Å². The van der Waals surface area contributed by atoms with Crippen LogP contribution in [0.4, 0.5) is 5.69 Å². The number of thiazole rings is 1. The number of halogens is 1. The highest BCUT2D eigenvalue weighted by Gasteiger charge is 2.10. The molecule has 25 heavy (non-hydrogen) atoms. The Bertz CT molecular complexity index is 1070. The van der Waals surface area contributed by atoms with E-state index < -0.39 is 0 Å². The summed E-state index contributed by atoms with van der Waals surface area (Å²) < 4.78 is 2.06. The van der Waals surface area contributed by atoms with Crippen molar-refractivity contribution in [2.45, 2.75) is 6.92 Å². The molecule has 0 bridgehead atoms. The summed E-state index contributed by atoms with van der Waals surface area (Å²) >= 11 is 7.36. The Hall–Kier alpha value is -2.70. The second-order valence-electron chi connectivity index (χ2n) is 5.56. The van der Waals surface area contributed by atoms with Crippen molar-refractivity contribution in [1.82, 2.24) is 14.4 Å². The molecule has 4 rings (SSSR count). The maximum atomic E-state index is 12.3. The van der Waals surface area contributed by atoms with Gasteiger partial charge in [0.05, 0.1) is 11.3 Å². The van der Waals surface area contributed by atoms with Gasteiger partial charge in [0.2, 0.25) is 0 Å². The van der Waals surface area contributed by atoms with Crippen LogP contribution in [0.5, 0.6) is 0 Å². The van der Waals surface area contributed by atoms with Crippen LogP contribution in [0.3, 0.4) is 0 Å². The van der Waals surface area contributed by atoms with Gasteiger partial charge >= 0.3 is 0 Å². The summed E-state index contributed by atoms with van der Waals surface area (Å²) in [5, 5.41) is 5.30. The van der Waals surface area contributed by atoms with E-state index in [4.69, 9.17) is 11.6 Å². The van der Waals surface area contributed by atoms with Gasteiger partial charge in [-0.2, -0.15) is 0 Å². The van der Waals surface area contributed by atoms with Crippen molar-refractivity contribution in [2.75, 3.05) is 5.32 Å². The largest absolute Gasteiger partial charge is 0.322 e. The smallest absolute Gasteiger partial charge is 0.257 e. The molecule has 7 heteroatoms. The van der Waals surface area contributed by atoms with Gasteiger partial charge in [-0.15, -0.1) is 11.3 Å². The second kappa shape index (κ2) is 6.31. The van der Waals surface area contributed by atoms with E-state index >= 15 is 0 Å². The molecule has 0 unspecified atom stereocenters.